The molecule has 0 aliphatic heterocycles. The smallest absolute Gasteiger partial charge is 0.268 e. The van der Waals surface area contributed by atoms with Gasteiger partial charge < -0.3 is 15.6 Å². The van der Waals surface area contributed by atoms with E-state index in [0.29, 0.717) is 17.4 Å². The molecule has 1 aliphatic carbocycles. The van der Waals surface area contributed by atoms with Crippen LogP contribution in [0.15, 0.2) is 12.3 Å². The Morgan fingerprint density at radius 3 is 3.00 bits per heavy atom. The van der Waals surface area contributed by atoms with Crippen molar-refractivity contribution in [1.82, 2.24) is 9.88 Å². The molecule has 1 fully saturated rings. The Bertz CT molecular complexity index is 366. The molecular formula is C11H17N3O. The van der Waals surface area contributed by atoms with Gasteiger partial charge in [-0.2, -0.15) is 0 Å². The van der Waals surface area contributed by atoms with Crippen LogP contribution in [0, 0.1) is 0 Å². The lowest BCUT2D eigenvalue weighted by atomic mass is 10.3. The molecule has 0 aromatic carbocycles. The van der Waals surface area contributed by atoms with Crippen molar-refractivity contribution in [1.29, 1.82) is 0 Å². The summed E-state index contributed by atoms with van der Waals surface area (Å²) in [5, 5.41) is 2.97. The molecular weight excluding hydrogens is 190 g/mol. The van der Waals surface area contributed by atoms with Crippen molar-refractivity contribution >= 4 is 11.6 Å². The number of amides is 1. The van der Waals surface area contributed by atoms with Crippen molar-refractivity contribution in [3.8, 4) is 0 Å². The molecule has 1 amide bonds. The van der Waals surface area contributed by atoms with E-state index in [1.807, 2.05) is 10.8 Å². The van der Waals surface area contributed by atoms with Crippen molar-refractivity contribution in [2.75, 3.05) is 5.73 Å². The molecule has 1 saturated carbocycles. The fourth-order valence-electron chi connectivity index (χ4n) is 1.64. The second kappa shape index (κ2) is 3.96. The highest BCUT2D eigenvalue weighted by Gasteiger charge is 2.25. The van der Waals surface area contributed by atoms with Gasteiger partial charge in [0.05, 0.1) is 5.69 Å². The van der Waals surface area contributed by atoms with E-state index in [9.17, 15) is 4.79 Å². The van der Waals surface area contributed by atoms with Gasteiger partial charge in [-0.15, -0.1) is 0 Å². The predicted octanol–water partition coefficient (Wildman–Crippen LogP) is 1.37. The predicted molar refractivity (Wildman–Crippen MR) is 59.6 cm³/mol. The minimum Gasteiger partial charge on any atom is -0.397 e. The average molecular weight is 207 g/mol. The maximum atomic E-state index is 11.8. The molecule has 0 radical (unpaired) electrons. The lowest BCUT2D eigenvalue weighted by Crippen LogP contribution is -2.27. The molecule has 2 rings (SSSR count). The number of rotatable bonds is 4. The lowest BCUT2D eigenvalue weighted by molar-refractivity contribution is 0.0941. The van der Waals surface area contributed by atoms with Crippen molar-refractivity contribution in [2.24, 2.45) is 0 Å². The van der Waals surface area contributed by atoms with Crippen LogP contribution in [0.3, 0.4) is 0 Å². The quantitative estimate of drug-likeness (QED) is 0.783. The molecule has 0 spiro atoms. The van der Waals surface area contributed by atoms with Crippen LogP contribution < -0.4 is 11.1 Å². The molecule has 3 N–H and O–H groups in total. The number of carbonyl (C=O) groups is 1. The van der Waals surface area contributed by atoms with E-state index in [2.05, 4.69) is 12.2 Å². The highest BCUT2D eigenvalue weighted by atomic mass is 16.2. The standard InChI is InChI=1S/C11H17N3O/c1-2-5-14-7-8(12)6-10(14)11(15)13-9-3-4-9/h6-7,9H,2-5,12H2,1H3,(H,13,15). The summed E-state index contributed by atoms with van der Waals surface area (Å²) in [4.78, 5) is 11.8. The Morgan fingerprint density at radius 2 is 2.40 bits per heavy atom. The Balaban J connectivity index is 2.12. The monoisotopic (exact) mass is 207 g/mol. The molecule has 0 bridgehead atoms. The van der Waals surface area contributed by atoms with Crippen LogP contribution >= 0.6 is 0 Å². The average Bonchev–Trinajstić information content (AvgIpc) is 2.90. The van der Waals surface area contributed by atoms with E-state index in [1.165, 1.54) is 0 Å². The number of nitrogens with zero attached hydrogens (tertiary/aromatic N) is 1. The lowest BCUT2D eigenvalue weighted by Gasteiger charge is -2.07. The Labute approximate surface area is 89.5 Å². The van der Waals surface area contributed by atoms with Crippen LogP contribution in [0.4, 0.5) is 5.69 Å². The van der Waals surface area contributed by atoms with E-state index in [-0.39, 0.29) is 5.91 Å². The number of hydrogen-bond acceptors (Lipinski definition) is 2. The molecule has 0 atom stereocenters. The zero-order chi connectivity index (χ0) is 10.8. The number of nitrogens with two attached hydrogens (primary N) is 1. The summed E-state index contributed by atoms with van der Waals surface area (Å²) in [5.74, 6) is 0.00245. The van der Waals surface area contributed by atoms with E-state index >= 15 is 0 Å². The van der Waals surface area contributed by atoms with Crippen LogP contribution in [-0.4, -0.2) is 16.5 Å². The summed E-state index contributed by atoms with van der Waals surface area (Å²) in [6.07, 6.45) is 5.04. The van der Waals surface area contributed by atoms with E-state index in [4.69, 9.17) is 5.73 Å². The first-order valence-electron chi connectivity index (χ1n) is 5.47. The Hall–Kier alpha value is -1.45. The molecule has 0 unspecified atom stereocenters. The summed E-state index contributed by atoms with van der Waals surface area (Å²) in [6, 6.07) is 2.14. The normalized spacial score (nSPS) is 15.3. The molecule has 1 aromatic heterocycles. The number of aryl methyl sites for hydroxylation is 1. The summed E-state index contributed by atoms with van der Waals surface area (Å²) < 4.78 is 1.92. The van der Waals surface area contributed by atoms with Crippen molar-refractivity contribution in [3.63, 3.8) is 0 Å². The molecule has 1 heterocycles. The summed E-state index contributed by atoms with van der Waals surface area (Å²) >= 11 is 0. The first-order valence-corrected chi connectivity index (χ1v) is 5.47. The van der Waals surface area contributed by atoms with Crippen molar-refractivity contribution < 1.29 is 4.79 Å². The van der Waals surface area contributed by atoms with E-state index < -0.39 is 0 Å². The fourth-order valence-corrected chi connectivity index (χ4v) is 1.64. The van der Waals surface area contributed by atoms with Gasteiger partial charge in [0, 0.05) is 18.8 Å². The van der Waals surface area contributed by atoms with Gasteiger partial charge in [-0.05, 0) is 25.3 Å². The van der Waals surface area contributed by atoms with Gasteiger partial charge in [0.15, 0.2) is 0 Å². The number of nitrogens with one attached hydrogen (secondary N) is 1. The fraction of sp³-hybridized carbons (Fsp3) is 0.545. The topological polar surface area (TPSA) is 60.0 Å². The van der Waals surface area contributed by atoms with Crippen LogP contribution in [0.5, 0.6) is 0 Å². The maximum absolute atomic E-state index is 11.8. The molecule has 4 nitrogen and oxygen atoms in total. The third-order valence-electron chi connectivity index (χ3n) is 2.53. The number of carbonyl (C=O) groups excluding carboxylic acids is 1. The third-order valence-corrected chi connectivity index (χ3v) is 2.53. The number of nitrogen functional groups attached to an aromatic ring is 1. The molecule has 4 heteroatoms. The number of aromatic nitrogens is 1. The Kier molecular flexibility index (Phi) is 2.66. The van der Waals surface area contributed by atoms with Gasteiger partial charge in [0.1, 0.15) is 5.69 Å². The molecule has 15 heavy (non-hydrogen) atoms. The third kappa shape index (κ3) is 2.32. The van der Waals surface area contributed by atoms with Crippen LogP contribution in [0.25, 0.3) is 0 Å². The van der Waals surface area contributed by atoms with Gasteiger partial charge in [-0.25, -0.2) is 0 Å². The summed E-state index contributed by atoms with van der Waals surface area (Å²) in [6.45, 7) is 2.92. The van der Waals surface area contributed by atoms with Crippen molar-refractivity contribution in [3.05, 3.63) is 18.0 Å². The Morgan fingerprint density at radius 1 is 1.67 bits per heavy atom. The van der Waals surface area contributed by atoms with Gasteiger partial charge in [-0.3, -0.25) is 4.79 Å². The maximum Gasteiger partial charge on any atom is 0.268 e. The second-order valence-electron chi connectivity index (χ2n) is 4.10. The minimum absolute atomic E-state index is 0.00245. The summed E-state index contributed by atoms with van der Waals surface area (Å²) in [5.41, 5.74) is 7.03. The molecule has 1 aliphatic rings. The van der Waals surface area contributed by atoms with Gasteiger partial charge in [-0.1, -0.05) is 6.92 Å². The van der Waals surface area contributed by atoms with Crippen molar-refractivity contribution in [2.45, 2.75) is 38.8 Å². The molecule has 1 aromatic rings. The van der Waals surface area contributed by atoms with Gasteiger partial charge >= 0.3 is 0 Å². The first kappa shape index (κ1) is 10.1. The van der Waals surface area contributed by atoms with Crippen LogP contribution in [0.1, 0.15) is 36.7 Å². The second-order valence-corrected chi connectivity index (χ2v) is 4.10. The van der Waals surface area contributed by atoms with Crippen LogP contribution in [-0.2, 0) is 6.54 Å². The van der Waals surface area contributed by atoms with Gasteiger partial charge in [0.25, 0.3) is 5.91 Å². The van der Waals surface area contributed by atoms with Crippen LogP contribution in [0.2, 0.25) is 0 Å². The first-order chi connectivity index (χ1) is 7.20. The highest BCUT2D eigenvalue weighted by molar-refractivity contribution is 5.94. The molecule has 0 saturated heterocycles. The SMILES string of the molecule is CCCn1cc(N)cc1C(=O)NC1CC1. The van der Waals surface area contributed by atoms with Gasteiger partial charge in [0.2, 0.25) is 0 Å². The minimum atomic E-state index is 0.00245. The number of anilines is 1. The zero-order valence-electron chi connectivity index (χ0n) is 8.99. The zero-order valence-corrected chi connectivity index (χ0v) is 8.99. The van der Waals surface area contributed by atoms with E-state index in [0.717, 1.165) is 25.8 Å². The highest BCUT2D eigenvalue weighted by Crippen LogP contribution is 2.20. The number of hydrogen-bond donors (Lipinski definition) is 2. The largest absolute Gasteiger partial charge is 0.397 e. The molecule has 82 valence electrons. The summed E-state index contributed by atoms with van der Waals surface area (Å²) in [7, 11) is 0. The van der Waals surface area contributed by atoms with E-state index in [1.54, 1.807) is 6.07 Å².